The van der Waals surface area contributed by atoms with Gasteiger partial charge in [0.2, 0.25) is 0 Å². The number of carbonyl (C=O) groups is 2. The van der Waals surface area contributed by atoms with Crippen LogP contribution in [0.15, 0.2) is 0 Å². The predicted octanol–water partition coefficient (Wildman–Crippen LogP) is 5.61. The number of hydrogen-bond donors (Lipinski definition) is 3. The van der Waals surface area contributed by atoms with Crippen LogP contribution >= 0.6 is 0 Å². The van der Waals surface area contributed by atoms with Gasteiger partial charge < -0.3 is 18.4 Å². The van der Waals surface area contributed by atoms with Crippen molar-refractivity contribution >= 4 is 60.8 Å². The second kappa shape index (κ2) is 23.7. The van der Waals surface area contributed by atoms with Gasteiger partial charge in [0.1, 0.15) is 6.04 Å². The van der Waals surface area contributed by atoms with Crippen molar-refractivity contribution in [3.63, 3.8) is 0 Å². The number of aliphatic carboxylic acids is 2. The van der Waals surface area contributed by atoms with Crippen LogP contribution in [-0.4, -0.2) is 83.6 Å². The zero-order chi connectivity index (χ0) is 20.2. The molecule has 0 amide bonds. The quantitative estimate of drug-likeness (QED) is 0.134. The van der Waals surface area contributed by atoms with Crippen LogP contribution in [0.25, 0.3) is 0 Å². The molecule has 5 nitrogen and oxygen atoms in total. The van der Waals surface area contributed by atoms with E-state index in [0.717, 1.165) is 12.8 Å². The maximum Gasteiger partial charge on any atom is 2.00 e. The fraction of sp³-hybridized carbons (Fsp3) is 0.909. The molecule has 0 heterocycles. The maximum atomic E-state index is 10.9. The van der Waals surface area contributed by atoms with E-state index in [1.807, 2.05) is 0 Å². The largest absolute Gasteiger partial charge is 2.00 e. The molecular weight excluding hydrogens is 480 g/mol. The second-order valence-electron chi connectivity index (χ2n) is 7.75. The van der Waals surface area contributed by atoms with E-state index in [0.29, 0.717) is 6.54 Å². The minimum Gasteiger partial charge on any atom is -1.00 e. The topological polar surface area (TPSA) is 86.6 Å². The second-order valence-corrected chi connectivity index (χ2v) is 7.75. The van der Waals surface area contributed by atoms with Crippen LogP contribution in [0.2, 0.25) is 0 Å². The van der Waals surface area contributed by atoms with Crippen molar-refractivity contribution in [2.24, 2.45) is 0 Å². The molecule has 28 heavy (non-hydrogen) atoms. The van der Waals surface area contributed by atoms with Gasteiger partial charge in [0.15, 0.2) is 0 Å². The Morgan fingerprint density at radius 2 is 1.07 bits per heavy atom. The summed E-state index contributed by atoms with van der Waals surface area (Å²) in [6, 6.07) is -0.973. The van der Waals surface area contributed by atoms with E-state index in [4.69, 9.17) is 10.2 Å². The molecule has 6 heteroatoms. The number of unbranched alkanes of at least 4 members (excludes halogenated alkanes) is 15. The first kappa shape index (κ1) is 30.7. The van der Waals surface area contributed by atoms with Crippen molar-refractivity contribution < 1.29 is 22.7 Å². The fourth-order valence-electron chi connectivity index (χ4n) is 3.37. The van der Waals surface area contributed by atoms with Crippen LogP contribution in [0.3, 0.4) is 0 Å². The van der Waals surface area contributed by atoms with Crippen molar-refractivity contribution in [2.45, 2.75) is 122 Å². The molecule has 0 saturated heterocycles. The summed E-state index contributed by atoms with van der Waals surface area (Å²) in [7, 11) is 0. The van der Waals surface area contributed by atoms with Crippen molar-refractivity contribution in [2.75, 3.05) is 6.54 Å². The number of nitrogens with one attached hydrogen (secondary N) is 1. The first-order valence-electron chi connectivity index (χ1n) is 11.3. The fourth-order valence-corrected chi connectivity index (χ4v) is 3.37. The Hall–Kier alpha value is 0.471. The monoisotopic (exact) mass is 525 g/mol. The summed E-state index contributed by atoms with van der Waals surface area (Å²) < 4.78 is 0. The van der Waals surface area contributed by atoms with Crippen molar-refractivity contribution in [3.05, 3.63) is 0 Å². The van der Waals surface area contributed by atoms with Crippen LogP contribution < -0.4 is 5.32 Å². The van der Waals surface area contributed by atoms with Crippen LogP contribution in [0.1, 0.15) is 119 Å². The molecule has 0 aromatic heterocycles. The van der Waals surface area contributed by atoms with Crippen LogP contribution in [-0.2, 0) is 9.59 Å². The standard InChI is InChI=1S/C22H43NO4.Ba.2H/c1-2-3-4-5-6-7-8-9-10-11-12-13-14-15-16-17-18-23-20(22(26)27)19-21(24)25;;;/h20,23H,2-19H2,1H3,(H,24,25)(H,26,27);;;/q;+2;2*-1/t20-;;;/m0.../s1. The molecule has 0 aliphatic carbocycles. The third-order valence-electron chi connectivity index (χ3n) is 5.10. The molecule has 0 aromatic carbocycles. The zero-order valence-electron chi connectivity index (χ0n) is 20.2. The van der Waals surface area contributed by atoms with E-state index in [1.54, 1.807) is 0 Å². The number of rotatable bonds is 21. The maximum absolute atomic E-state index is 10.9. The van der Waals surface area contributed by atoms with Crippen LogP contribution in [0.4, 0.5) is 0 Å². The van der Waals surface area contributed by atoms with Crippen LogP contribution in [0, 0.1) is 0 Å². The summed E-state index contributed by atoms with van der Waals surface area (Å²) in [5.74, 6) is -2.17. The van der Waals surface area contributed by atoms with E-state index < -0.39 is 18.0 Å². The Kier molecular flexibility index (Phi) is 26.0. The molecule has 3 N–H and O–H groups in total. The average Bonchev–Trinajstić information content (AvgIpc) is 2.62. The predicted molar refractivity (Wildman–Crippen MR) is 119 cm³/mol. The first-order chi connectivity index (χ1) is 13.1. The van der Waals surface area contributed by atoms with Gasteiger partial charge in [-0.3, -0.25) is 9.59 Å². The summed E-state index contributed by atoms with van der Waals surface area (Å²) >= 11 is 0. The summed E-state index contributed by atoms with van der Waals surface area (Å²) in [5, 5.41) is 20.4. The van der Waals surface area contributed by atoms with Gasteiger partial charge in [-0.1, -0.05) is 103 Å². The number of hydrogen-bond acceptors (Lipinski definition) is 3. The van der Waals surface area contributed by atoms with Crippen molar-refractivity contribution in [1.82, 2.24) is 5.32 Å². The molecule has 0 aromatic rings. The Balaban J connectivity index is -0.00000113. The van der Waals surface area contributed by atoms with Gasteiger partial charge in [-0.25, -0.2) is 0 Å². The Bertz CT molecular complexity index is 377. The summed E-state index contributed by atoms with van der Waals surface area (Å²) in [6.07, 6.45) is 20.5. The first-order valence-corrected chi connectivity index (χ1v) is 11.3. The Morgan fingerprint density at radius 1 is 0.714 bits per heavy atom. The molecule has 0 radical (unpaired) electrons. The SMILES string of the molecule is CCCCCCCCCCCCCCCCCCN[C@@H](CC(=O)O)C(=O)O.[Ba+2].[H-].[H-]. The number of carboxylic acid groups (broad SMARTS) is 2. The summed E-state index contributed by atoms with van der Waals surface area (Å²) in [4.78, 5) is 21.5. The zero-order valence-corrected chi connectivity index (χ0v) is 22.7. The molecule has 0 saturated carbocycles. The van der Waals surface area contributed by atoms with Gasteiger partial charge in [0, 0.05) is 0 Å². The molecule has 0 spiro atoms. The normalized spacial score (nSPS) is 11.8. The average molecular weight is 525 g/mol. The molecule has 0 unspecified atom stereocenters. The summed E-state index contributed by atoms with van der Waals surface area (Å²) in [5.41, 5.74) is 0. The minimum atomic E-state index is -1.09. The van der Waals surface area contributed by atoms with Crippen molar-refractivity contribution in [3.8, 4) is 0 Å². The van der Waals surface area contributed by atoms with E-state index in [1.165, 1.54) is 89.9 Å². The molecular formula is C22H45BaNO4. The van der Waals surface area contributed by atoms with Gasteiger partial charge in [-0.05, 0) is 13.0 Å². The van der Waals surface area contributed by atoms with E-state index in [2.05, 4.69) is 12.2 Å². The Morgan fingerprint density at radius 3 is 1.39 bits per heavy atom. The van der Waals surface area contributed by atoms with E-state index in [-0.39, 0.29) is 58.2 Å². The van der Waals surface area contributed by atoms with Gasteiger partial charge in [0.25, 0.3) is 0 Å². The Labute approximate surface area is 215 Å². The van der Waals surface area contributed by atoms with Gasteiger partial charge in [-0.15, -0.1) is 0 Å². The minimum absolute atomic E-state index is 0. The van der Waals surface area contributed by atoms with E-state index in [9.17, 15) is 9.59 Å². The van der Waals surface area contributed by atoms with E-state index >= 15 is 0 Å². The van der Waals surface area contributed by atoms with Gasteiger partial charge >= 0.3 is 60.8 Å². The third-order valence-corrected chi connectivity index (χ3v) is 5.10. The molecule has 0 aliphatic heterocycles. The van der Waals surface area contributed by atoms with Crippen molar-refractivity contribution in [1.29, 1.82) is 0 Å². The molecule has 0 bridgehead atoms. The molecule has 0 rings (SSSR count). The number of carboxylic acids is 2. The van der Waals surface area contributed by atoms with Gasteiger partial charge in [0.05, 0.1) is 6.42 Å². The van der Waals surface area contributed by atoms with Crippen LogP contribution in [0.5, 0.6) is 0 Å². The summed E-state index contributed by atoms with van der Waals surface area (Å²) in [6.45, 7) is 2.83. The molecule has 1 atom stereocenters. The molecule has 0 fully saturated rings. The third kappa shape index (κ3) is 22.8. The van der Waals surface area contributed by atoms with Gasteiger partial charge in [-0.2, -0.15) is 0 Å². The smallest absolute Gasteiger partial charge is 1.00 e. The molecule has 164 valence electrons. The molecule has 0 aliphatic rings.